The predicted molar refractivity (Wildman–Crippen MR) is 90.0 cm³/mol. The number of hydrogen-bond donors (Lipinski definition) is 2. The van der Waals surface area contributed by atoms with Crippen molar-refractivity contribution in [3.63, 3.8) is 0 Å². The number of hydrogen-bond acceptors (Lipinski definition) is 3. The molecule has 3 N–H and O–H groups in total. The smallest absolute Gasteiger partial charge is 0.0738 e. The van der Waals surface area contributed by atoms with Crippen molar-refractivity contribution in [2.45, 2.75) is 46.7 Å². The van der Waals surface area contributed by atoms with Gasteiger partial charge in [0, 0.05) is 13.0 Å². The fraction of sp³-hybridized carbons (Fsp3) is 0.438. The average molecular weight is 351 g/mol. The van der Waals surface area contributed by atoms with E-state index in [1.165, 1.54) is 22.4 Å². The highest BCUT2D eigenvalue weighted by molar-refractivity contribution is 9.10. The molecule has 114 valence electrons. The third-order valence-electron chi connectivity index (χ3n) is 3.70. The summed E-state index contributed by atoms with van der Waals surface area (Å²) in [5, 5.41) is 4.55. The number of rotatable bonds is 5. The molecule has 0 aliphatic heterocycles. The Balaban J connectivity index is 2.35. The van der Waals surface area contributed by atoms with Crippen LogP contribution in [0.5, 0.6) is 0 Å². The first-order valence-electron chi connectivity index (χ1n) is 7.22. The lowest BCUT2D eigenvalue weighted by molar-refractivity contribution is 0.515. The second kappa shape index (κ2) is 6.73. The molecule has 1 aromatic heterocycles. The van der Waals surface area contributed by atoms with E-state index in [2.05, 4.69) is 65.4 Å². The molecule has 5 heteroatoms. The molecule has 0 aliphatic carbocycles. The minimum atomic E-state index is 0.0706. The first-order valence-corrected chi connectivity index (χ1v) is 8.01. The fourth-order valence-electron chi connectivity index (χ4n) is 2.74. The Bertz CT molecular complexity index is 613. The van der Waals surface area contributed by atoms with Crippen LogP contribution in [-0.4, -0.2) is 9.78 Å². The Morgan fingerprint density at radius 1 is 1.24 bits per heavy atom. The van der Waals surface area contributed by atoms with Crippen LogP contribution < -0.4 is 11.3 Å². The summed E-state index contributed by atoms with van der Waals surface area (Å²) in [5.74, 6) is 5.81. The molecule has 1 unspecified atom stereocenters. The van der Waals surface area contributed by atoms with Gasteiger partial charge in [-0.1, -0.05) is 29.3 Å². The van der Waals surface area contributed by atoms with Gasteiger partial charge in [-0.15, -0.1) is 0 Å². The maximum atomic E-state index is 5.81. The molecule has 0 radical (unpaired) electrons. The van der Waals surface area contributed by atoms with E-state index < -0.39 is 0 Å². The summed E-state index contributed by atoms with van der Waals surface area (Å²) < 4.78 is 3.11. The molecular weight excluding hydrogens is 328 g/mol. The predicted octanol–water partition coefficient (Wildman–Crippen LogP) is 3.34. The minimum Gasteiger partial charge on any atom is -0.271 e. The van der Waals surface area contributed by atoms with Gasteiger partial charge < -0.3 is 0 Å². The van der Waals surface area contributed by atoms with Gasteiger partial charge in [0.05, 0.1) is 21.9 Å². The van der Waals surface area contributed by atoms with Crippen molar-refractivity contribution in [1.29, 1.82) is 0 Å². The van der Waals surface area contributed by atoms with Crippen molar-refractivity contribution in [3.05, 3.63) is 50.8 Å². The van der Waals surface area contributed by atoms with E-state index in [1.807, 2.05) is 11.6 Å². The first-order chi connectivity index (χ1) is 9.96. The van der Waals surface area contributed by atoms with Crippen molar-refractivity contribution in [1.82, 2.24) is 15.2 Å². The lowest BCUT2D eigenvalue weighted by atomic mass is 9.98. The summed E-state index contributed by atoms with van der Waals surface area (Å²) >= 11 is 3.65. The zero-order valence-electron chi connectivity index (χ0n) is 13.1. The quantitative estimate of drug-likeness (QED) is 0.642. The number of halogens is 1. The summed E-state index contributed by atoms with van der Waals surface area (Å²) in [7, 11) is 0. The van der Waals surface area contributed by atoms with Gasteiger partial charge in [-0.3, -0.25) is 16.0 Å². The molecule has 0 saturated heterocycles. The van der Waals surface area contributed by atoms with Crippen LogP contribution in [0, 0.1) is 20.8 Å². The van der Waals surface area contributed by atoms with E-state index in [9.17, 15) is 0 Å². The number of benzene rings is 1. The Kier molecular flexibility index (Phi) is 5.19. The highest BCUT2D eigenvalue weighted by Gasteiger charge is 2.18. The monoisotopic (exact) mass is 350 g/mol. The van der Waals surface area contributed by atoms with Crippen molar-refractivity contribution < 1.29 is 0 Å². The van der Waals surface area contributed by atoms with Gasteiger partial charge >= 0.3 is 0 Å². The molecule has 1 atom stereocenters. The van der Waals surface area contributed by atoms with Crippen molar-refractivity contribution in [3.8, 4) is 0 Å². The Labute approximate surface area is 134 Å². The fourth-order valence-corrected chi connectivity index (χ4v) is 3.19. The summed E-state index contributed by atoms with van der Waals surface area (Å²) in [4.78, 5) is 0. The maximum Gasteiger partial charge on any atom is 0.0738 e. The summed E-state index contributed by atoms with van der Waals surface area (Å²) in [6, 6.07) is 6.62. The first kappa shape index (κ1) is 16.2. The molecule has 0 saturated carbocycles. The van der Waals surface area contributed by atoms with E-state index >= 15 is 0 Å². The number of nitrogens with two attached hydrogens (primary N) is 1. The molecule has 0 spiro atoms. The summed E-state index contributed by atoms with van der Waals surface area (Å²) in [5.41, 5.74) is 8.86. The Morgan fingerprint density at radius 3 is 2.38 bits per heavy atom. The van der Waals surface area contributed by atoms with E-state index in [0.717, 1.165) is 23.1 Å². The van der Waals surface area contributed by atoms with Gasteiger partial charge in [-0.05, 0) is 49.2 Å². The van der Waals surface area contributed by atoms with Gasteiger partial charge in [-0.2, -0.15) is 5.10 Å². The highest BCUT2D eigenvalue weighted by Crippen LogP contribution is 2.27. The number of hydrazine groups is 1. The minimum absolute atomic E-state index is 0.0706. The molecule has 1 aromatic carbocycles. The third-order valence-corrected chi connectivity index (χ3v) is 4.73. The normalized spacial score (nSPS) is 12.7. The van der Waals surface area contributed by atoms with Crippen molar-refractivity contribution in [2.75, 3.05) is 0 Å². The molecule has 1 heterocycles. The van der Waals surface area contributed by atoms with Gasteiger partial charge in [0.2, 0.25) is 0 Å². The molecule has 0 fully saturated rings. The number of aryl methyl sites for hydroxylation is 4. The molecular formula is C16H23BrN4. The second-order valence-corrected chi connectivity index (χ2v) is 6.30. The Morgan fingerprint density at radius 2 is 1.86 bits per heavy atom. The van der Waals surface area contributed by atoms with Crippen LogP contribution >= 0.6 is 15.9 Å². The van der Waals surface area contributed by atoms with Crippen LogP contribution in [0.3, 0.4) is 0 Å². The molecule has 0 amide bonds. The number of aromatic nitrogens is 2. The van der Waals surface area contributed by atoms with Crippen LogP contribution in [0.1, 0.15) is 41.0 Å². The zero-order valence-corrected chi connectivity index (χ0v) is 14.7. The van der Waals surface area contributed by atoms with Crippen LogP contribution in [0.4, 0.5) is 0 Å². The Hall–Kier alpha value is -1.17. The molecule has 2 rings (SSSR count). The molecule has 21 heavy (non-hydrogen) atoms. The van der Waals surface area contributed by atoms with Crippen molar-refractivity contribution in [2.24, 2.45) is 5.84 Å². The topological polar surface area (TPSA) is 55.9 Å². The van der Waals surface area contributed by atoms with Crippen LogP contribution in [0.15, 0.2) is 22.7 Å². The molecule has 4 nitrogen and oxygen atoms in total. The van der Waals surface area contributed by atoms with Gasteiger partial charge in [0.25, 0.3) is 0 Å². The average Bonchev–Trinajstić information content (AvgIpc) is 2.70. The molecule has 0 aliphatic rings. The van der Waals surface area contributed by atoms with E-state index in [1.54, 1.807) is 0 Å². The maximum absolute atomic E-state index is 5.81. The zero-order chi connectivity index (χ0) is 15.6. The number of nitrogens with one attached hydrogen (secondary N) is 1. The van der Waals surface area contributed by atoms with Crippen LogP contribution in [-0.2, 0) is 13.0 Å². The largest absolute Gasteiger partial charge is 0.271 e. The SMILES string of the molecule is CCn1nc(C)c(Br)c1CC(NN)c1cc(C)cc(C)c1. The molecule has 2 aromatic rings. The lowest BCUT2D eigenvalue weighted by Gasteiger charge is -2.18. The lowest BCUT2D eigenvalue weighted by Crippen LogP contribution is -2.30. The van der Waals surface area contributed by atoms with E-state index in [-0.39, 0.29) is 6.04 Å². The molecule has 0 bridgehead atoms. The number of nitrogens with zero attached hydrogens (tertiary/aromatic N) is 2. The van der Waals surface area contributed by atoms with Gasteiger partial charge in [-0.25, -0.2) is 0 Å². The standard InChI is InChI=1S/C16H23BrN4/c1-5-21-15(16(17)12(4)20-21)9-14(19-18)13-7-10(2)6-11(3)8-13/h6-8,14,19H,5,9,18H2,1-4H3. The highest BCUT2D eigenvalue weighted by atomic mass is 79.9. The van der Waals surface area contributed by atoms with E-state index in [0.29, 0.717) is 0 Å². The van der Waals surface area contributed by atoms with Crippen LogP contribution in [0.25, 0.3) is 0 Å². The van der Waals surface area contributed by atoms with Gasteiger partial charge in [0.1, 0.15) is 0 Å². The summed E-state index contributed by atoms with van der Waals surface area (Å²) in [6.45, 7) is 9.19. The third kappa shape index (κ3) is 3.54. The van der Waals surface area contributed by atoms with Crippen molar-refractivity contribution >= 4 is 15.9 Å². The van der Waals surface area contributed by atoms with Crippen LogP contribution in [0.2, 0.25) is 0 Å². The van der Waals surface area contributed by atoms with Gasteiger partial charge in [0.15, 0.2) is 0 Å². The summed E-state index contributed by atoms with van der Waals surface area (Å²) in [6.07, 6.45) is 0.800. The second-order valence-electron chi connectivity index (χ2n) is 5.51. The van der Waals surface area contributed by atoms with E-state index in [4.69, 9.17) is 5.84 Å².